The molecule has 1 aromatic heterocycles. The molecule has 1 amide bonds. The van der Waals surface area contributed by atoms with E-state index in [1.165, 1.54) is 43.4 Å². The van der Waals surface area contributed by atoms with Crippen LogP contribution in [0.25, 0.3) is 0 Å². The average Bonchev–Trinajstić information content (AvgIpc) is 3.24. The first kappa shape index (κ1) is 18.5. The lowest BCUT2D eigenvalue weighted by atomic mass is 10.1. The zero-order valence-electron chi connectivity index (χ0n) is 14.9. The number of carbonyl (C=O) groups excluding carboxylic acids is 1. The number of hydrogen-bond donors (Lipinski definition) is 2. The van der Waals surface area contributed by atoms with Gasteiger partial charge in [-0.1, -0.05) is 12.8 Å². The first-order chi connectivity index (χ1) is 12.5. The summed E-state index contributed by atoms with van der Waals surface area (Å²) in [7, 11) is 1.54. The summed E-state index contributed by atoms with van der Waals surface area (Å²) in [5, 5.41) is 13.1. The van der Waals surface area contributed by atoms with Crippen molar-refractivity contribution in [3.63, 3.8) is 0 Å². The lowest BCUT2D eigenvalue weighted by molar-refractivity contribution is 0.0696. The van der Waals surface area contributed by atoms with Gasteiger partial charge in [0.25, 0.3) is 5.91 Å². The number of carboxylic acid groups (broad SMARTS) is 1. The maximum Gasteiger partial charge on any atom is 0.335 e. The fourth-order valence-corrected chi connectivity index (χ4v) is 4.43. The van der Waals surface area contributed by atoms with Crippen LogP contribution in [0.5, 0.6) is 0 Å². The Bertz CT molecular complexity index is 825. The molecule has 1 fully saturated rings. The van der Waals surface area contributed by atoms with Gasteiger partial charge in [0.15, 0.2) is 0 Å². The largest absolute Gasteiger partial charge is 0.478 e. The summed E-state index contributed by atoms with van der Waals surface area (Å²) in [5.74, 6) is -0.838. The Balaban J connectivity index is 1.82. The molecule has 1 aliphatic carbocycles. The van der Waals surface area contributed by atoms with Gasteiger partial charge in [-0.25, -0.2) is 9.78 Å². The minimum Gasteiger partial charge on any atom is -0.478 e. The predicted molar refractivity (Wildman–Crippen MR) is 100 cm³/mol. The van der Waals surface area contributed by atoms with Gasteiger partial charge < -0.3 is 15.2 Å². The van der Waals surface area contributed by atoms with Gasteiger partial charge in [0.1, 0.15) is 4.88 Å². The number of nitrogens with one attached hydrogen (secondary N) is 1. The third-order valence-corrected chi connectivity index (χ3v) is 5.85. The van der Waals surface area contributed by atoms with E-state index in [0.29, 0.717) is 22.0 Å². The first-order valence-corrected chi connectivity index (χ1v) is 9.44. The second kappa shape index (κ2) is 7.97. The zero-order chi connectivity index (χ0) is 18.7. The van der Waals surface area contributed by atoms with Crippen LogP contribution in [0.4, 0.5) is 5.69 Å². The summed E-state index contributed by atoms with van der Waals surface area (Å²) >= 11 is 1.44. The number of nitrogens with zero attached hydrogens (tertiary/aromatic N) is 1. The third kappa shape index (κ3) is 4.11. The van der Waals surface area contributed by atoms with Gasteiger partial charge in [0.2, 0.25) is 0 Å². The van der Waals surface area contributed by atoms with Crippen molar-refractivity contribution in [2.45, 2.75) is 45.1 Å². The SMILES string of the molecule is COCc1cc(NC(=O)c2sc(C3CCCC3)nc2C)cc(C(=O)O)c1. The Morgan fingerprint density at radius 3 is 2.69 bits per heavy atom. The van der Waals surface area contributed by atoms with Crippen molar-refractivity contribution in [3.8, 4) is 0 Å². The molecule has 0 radical (unpaired) electrons. The van der Waals surface area contributed by atoms with Crippen LogP contribution in [0.1, 0.15) is 67.9 Å². The molecule has 7 heteroatoms. The molecule has 1 heterocycles. The zero-order valence-corrected chi connectivity index (χ0v) is 15.7. The van der Waals surface area contributed by atoms with Crippen LogP contribution in [0.15, 0.2) is 18.2 Å². The molecule has 0 atom stereocenters. The van der Waals surface area contributed by atoms with E-state index in [4.69, 9.17) is 4.74 Å². The number of rotatable bonds is 6. The Morgan fingerprint density at radius 1 is 1.31 bits per heavy atom. The molecule has 26 heavy (non-hydrogen) atoms. The predicted octanol–water partition coefficient (Wildman–Crippen LogP) is 4.21. The number of ether oxygens (including phenoxy) is 1. The number of aryl methyl sites for hydroxylation is 1. The standard InChI is InChI=1S/C19H22N2O4S/c1-11-16(26-18(20-11)13-5-3-4-6-13)17(22)21-15-8-12(10-25-2)7-14(9-15)19(23)24/h7-9,13H,3-6,10H2,1-2H3,(H,21,22)(H,23,24). The monoisotopic (exact) mass is 374 g/mol. The van der Waals surface area contributed by atoms with E-state index in [9.17, 15) is 14.7 Å². The summed E-state index contributed by atoms with van der Waals surface area (Å²) < 4.78 is 5.07. The van der Waals surface area contributed by atoms with Crippen LogP contribution in [-0.2, 0) is 11.3 Å². The molecule has 1 saturated carbocycles. The molecule has 2 N–H and O–H groups in total. The van der Waals surface area contributed by atoms with Crippen LogP contribution < -0.4 is 5.32 Å². The van der Waals surface area contributed by atoms with Gasteiger partial charge >= 0.3 is 5.97 Å². The lowest BCUT2D eigenvalue weighted by Crippen LogP contribution is -2.12. The fraction of sp³-hybridized carbons (Fsp3) is 0.421. The number of amides is 1. The number of methoxy groups -OCH3 is 1. The van der Waals surface area contributed by atoms with E-state index < -0.39 is 5.97 Å². The Labute approximate surface area is 156 Å². The van der Waals surface area contributed by atoms with Crippen LogP contribution >= 0.6 is 11.3 Å². The molecule has 0 spiro atoms. The van der Waals surface area contributed by atoms with Crippen LogP contribution in [0.2, 0.25) is 0 Å². The second-order valence-electron chi connectivity index (χ2n) is 6.56. The number of carbonyl (C=O) groups is 2. The lowest BCUT2D eigenvalue weighted by Gasteiger charge is -2.09. The highest BCUT2D eigenvalue weighted by atomic mass is 32.1. The molecule has 138 valence electrons. The minimum atomic E-state index is -1.05. The highest BCUT2D eigenvalue weighted by molar-refractivity contribution is 7.14. The van der Waals surface area contributed by atoms with Gasteiger partial charge in [-0.05, 0) is 43.5 Å². The molecule has 0 saturated heterocycles. The molecule has 6 nitrogen and oxygen atoms in total. The smallest absolute Gasteiger partial charge is 0.335 e. The molecule has 0 bridgehead atoms. The third-order valence-electron chi connectivity index (χ3n) is 4.53. The fourth-order valence-electron chi connectivity index (χ4n) is 3.30. The van der Waals surface area contributed by atoms with Crippen molar-refractivity contribution in [1.29, 1.82) is 0 Å². The molecular weight excluding hydrogens is 352 g/mol. The Kier molecular flexibility index (Phi) is 5.68. The van der Waals surface area contributed by atoms with Crippen LogP contribution in [0.3, 0.4) is 0 Å². The first-order valence-electron chi connectivity index (χ1n) is 8.63. The maximum atomic E-state index is 12.7. The topological polar surface area (TPSA) is 88.5 Å². The number of benzene rings is 1. The molecule has 1 aromatic carbocycles. The highest BCUT2D eigenvalue weighted by Gasteiger charge is 2.24. The number of carboxylic acids is 1. The summed E-state index contributed by atoms with van der Waals surface area (Å²) in [6.45, 7) is 2.11. The van der Waals surface area contributed by atoms with E-state index in [2.05, 4.69) is 10.3 Å². The second-order valence-corrected chi connectivity index (χ2v) is 7.59. The average molecular weight is 374 g/mol. The van der Waals surface area contributed by atoms with E-state index in [1.807, 2.05) is 6.92 Å². The summed E-state index contributed by atoms with van der Waals surface area (Å²) in [4.78, 5) is 29.2. The van der Waals surface area contributed by atoms with Gasteiger partial charge in [-0.15, -0.1) is 11.3 Å². The number of aromatic carboxylic acids is 1. The summed E-state index contributed by atoms with van der Waals surface area (Å²) in [5.41, 5.74) is 1.97. The van der Waals surface area contributed by atoms with Crippen molar-refractivity contribution in [1.82, 2.24) is 4.98 Å². The van der Waals surface area contributed by atoms with Crippen molar-refractivity contribution < 1.29 is 19.4 Å². The molecule has 1 aliphatic rings. The summed E-state index contributed by atoms with van der Waals surface area (Å²) in [6, 6.07) is 4.72. The molecule has 2 aromatic rings. The van der Waals surface area contributed by atoms with Crippen molar-refractivity contribution in [2.75, 3.05) is 12.4 Å². The molecule has 0 unspecified atom stereocenters. The quantitative estimate of drug-likeness (QED) is 0.791. The normalized spacial score (nSPS) is 14.5. The van der Waals surface area contributed by atoms with E-state index >= 15 is 0 Å². The summed E-state index contributed by atoms with van der Waals surface area (Å²) in [6.07, 6.45) is 4.70. The highest BCUT2D eigenvalue weighted by Crippen LogP contribution is 2.37. The van der Waals surface area contributed by atoms with E-state index in [1.54, 1.807) is 6.07 Å². The van der Waals surface area contributed by atoms with Gasteiger partial charge in [0, 0.05) is 18.7 Å². The van der Waals surface area contributed by atoms with Crippen LogP contribution in [0, 0.1) is 6.92 Å². The van der Waals surface area contributed by atoms with Gasteiger partial charge in [0.05, 0.1) is 22.9 Å². The number of aromatic nitrogens is 1. The number of hydrogen-bond acceptors (Lipinski definition) is 5. The molecule has 3 rings (SSSR count). The minimum absolute atomic E-state index is 0.113. The number of anilines is 1. The molecular formula is C19H22N2O4S. The van der Waals surface area contributed by atoms with Gasteiger partial charge in [-0.3, -0.25) is 4.79 Å². The van der Waals surface area contributed by atoms with Crippen LogP contribution in [-0.4, -0.2) is 29.1 Å². The Hall–Kier alpha value is -2.25. The number of thiazole rings is 1. The van der Waals surface area contributed by atoms with E-state index in [0.717, 1.165) is 23.5 Å². The Morgan fingerprint density at radius 2 is 2.04 bits per heavy atom. The van der Waals surface area contributed by atoms with Gasteiger partial charge in [-0.2, -0.15) is 0 Å². The van der Waals surface area contributed by atoms with Crippen molar-refractivity contribution >= 4 is 28.9 Å². The van der Waals surface area contributed by atoms with Crippen molar-refractivity contribution in [3.05, 3.63) is 44.9 Å². The maximum absolute atomic E-state index is 12.7. The van der Waals surface area contributed by atoms with Crippen molar-refractivity contribution in [2.24, 2.45) is 0 Å². The van der Waals surface area contributed by atoms with E-state index in [-0.39, 0.29) is 18.1 Å². The molecule has 0 aliphatic heterocycles.